The summed E-state index contributed by atoms with van der Waals surface area (Å²) in [7, 11) is 0. The molecule has 3 rings (SSSR count). The van der Waals surface area contributed by atoms with Crippen LogP contribution in [-0.4, -0.2) is 6.04 Å². The van der Waals surface area contributed by atoms with Crippen molar-refractivity contribution < 1.29 is 0 Å². The van der Waals surface area contributed by atoms with Crippen molar-refractivity contribution in [2.75, 3.05) is 0 Å². The molecule has 0 aromatic carbocycles. The summed E-state index contributed by atoms with van der Waals surface area (Å²) in [4.78, 5) is 0. The van der Waals surface area contributed by atoms with Gasteiger partial charge in [0.05, 0.1) is 0 Å². The van der Waals surface area contributed by atoms with Crippen molar-refractivity contribution in [3.05, 3.63) is 0 Å². The summed E-state index contributed by atoms with van der Waals surface area (Å²) < 4.78 is 0. The minimum atomic E-state index is 0.630. The van der Waals surface area contributed by atoms with Gasteiger partial charge in [-0.15, -0.1) is 0 Å². The van der Waals surface area contributed by atoms with Gasteiger partial charge in [0.25, 0.3) is 0 Å². The normalized spacial score (nSPS) is 73.9. The van der Waals surface area contributed by atoms with Gasteiger partial charge in [-0.1, -0.05) is 0 Å². The van der Waals surface area contributed by atoms with Crippen molar-refractivity contribution in [1.82, 2.24) is 0 Å². The van der Waals surface area contributed by atoms with Crippen LogP contribution in [0.5, 0.6) is 0 Å². The van der Waals surface area contributed by atoms with Crippen LogP contribution in [-0.2, 0) is 0 Å². The van der Waals surface area contributed by atoms with Gasteiger partial charge in [0.1, 0.15) is 0 Å². The highest BCUT2D eigenvalue weighted by Crippen LogP contribution is 2.68. The summed E-state index contributed by atoms with van der Waals surface area (Å²) >= 11 is 0. The molecule has 3 fully saturated rings. The third-order valence-electron chi connectivity index (χ3n) is 3.32. The second kappa shape index (κ2) is 0.860. The van der Waals surface area contributed by atoms with Crippen LogP contribution < -0.4 is 5.73 Å². The van der Waals surface area contributed by atoms with Crippen LogP contribution in [0.25, 0.3) is 0 Å². The van der Waals surface area contributed by atoms with Gasteiger partial charge in [-0.2, -0.15) is 0 Å². The highest BCUT2D eigenvalue weighted by Gasteiger charge is 2.65. The lowest BCUT2D eigenvalue weighted by Crippen LogP contribution is -2.22. The average Bonchev–Trinajstić information content (AvgIpc) is 2.58. The van der Waals surface area contributed by atoms with Crippen LogP contribution in [0.4, 0.5) is 0 Å². The molecule has 0 bridgehead atoms. The number of nitrogens with two attached hydrogens (primary N) is 1. The lowest BCUT2D eigenvalue weighted by atomic mass is 10.1. The Morgan fingerprint density at radius 2 is 1.38 bits per heavy atom. The smallest absolute Gasteiger partial charge is 0.0101 e. The van der Waals surface area contributed by atoms with Crippen molar-refractivity contribution in [2.24, 2.45) is 29.4 Å². The Morgan fingerprint density at radius 3 is 1.62 bits per heavy atom. The fourth-order valence-corrected chi connectivity index (χ4v) is 2.66. The zero-order valence-electron chi connectivity index (χ0n) is 4.88. The van der Waals surface area contributed by atoms with E-state index in [0.29, 0.717) is 6.04 Å². The van der Waals surface area contributed by atoms with E-state index < -0.39 is 0 Å². The summed E-state index contributed by atoms with van der Waals surface area (Å²) in [6.45, 7) is 0. The molecule has 0 spiro atoms. The van der Waals surface area contributed by atoms with Crippen LogP contribution in [0.15, 0.2) is 0 Å². The van der Waals surface area contributed by atoms with Crippen LogP contribution in [0.3, 0.4) is 0 Å². The molecule has 1 nitrogen and oxygen atoms in total. The molecular formula is C7H11N. The Morgan fingerprint density at radius 1 is 0.875 bits per heavy atom. The van der Waals surface area contributed by atoms with E-state index in [0.717, 1.165) is 23.7 Å². The molecule has 0 aliphatic heterocycles. The van der Waals surface area contributed by atoms with E-state index >= 15 is 0 Å². The lowest BCUT2D eigenvalue weighted by molar-refractivity contribution is 0.559. The molecule has 3 saturated carbocycles. The molecular weight excluding hydrogens is 98.1 g/mol. The zero-order chi connectivity index (χ0) is 5.30. The number of hydrogen-bond acceptors (Lipinski definition) is 1. The first kappa shape index (κ1) is 3.89. The van der Waals surface area contributed by atoms with Gasteiger partial charge in [0.15, 0.2) is 0 Å². The van der Waals surface area contributed by atoms with Crippen LogP contribution in [0.1, 0.15) is 12.8 Å². The van der Waals surface area contributed by atoms with Crippen molar-refractivity contribution in [2.45, 2.75) is 18.9 Å². The first-order valence-corrected chi connectivity index (χ1v) is 3.63. The van der Waals surface area contributed by atoms with E-state index in [1.54, 1.807) is 0 Å². The van der Waals surface area contributed by atoms with E-state index in [4.69, 9.17) is 5.73 Å². The van der Waals surface area contributed by atoms with Crippen molar-refractivity contribution in [3.8, 4) is 0 Å². The second-order valence-corrected chi connectivity index (χ2v) is 3.70. The first-order chi connectivity index (χ1) is 3.88. The number of hydrogen-bond donors (Lipinski definition) is 1. The van der Waals surface area contributed by atoms with Crippen molar-refractivity contribution in [1.29, 1.82) is 0 Å². The molecule has 0 radical (unpaired) electrons. The minimum Gasteiger partial charge on any atom is -0.327 e. The standard InChI is InChI=1S/C7H11N/c8-7-5-1-3(5)4-2-6(4)7/h3-7H,1-2,8H2/t3-,4-,5-,6-/m1/s1. The van der Waals surface area contributed by atoms with Crippen molar-refractivity contribution >= 4 is 0 Å². The van der Waals surface area contributed by atoms with Gasteiger partial charge < -0.3 is 5.73 Å². The van der Waals surface area contributed by atoms with Crippen molar-refractivity contribution in [3.63, 3.8) is 0 Å². The van der Waals surface area contributed by atoms with Gasteiger partial charge in [-0.25, -0.2) is 0 Å². The van der Waals surface area contributed by atoms with Crippen LogP contribution in [0.2, 0.25) is 0 Å². The maximum atomic E-state index is 5.91. The quantitative estimate of drug-likeness (QED) is 0.484. The largest absolute Gasteiger partial charge is 0.327 e. The Balaban J connectivity index is 1.99. The highest BCUT2D eigenvalue weighted by molar-refractivity contribution is 5.17. The first-order valence-electron chi connectivity index (χ1n) is 3.63. The highest BCUT2D eigenvalue weighted by atomic mass is 14.8. The van der Waals surface area contributed by atoms with Gasteiger partial charge in [-0.3, -0.25) is 0 Å². The Bertz CT molecular complexity index is 118. The number of rotatable bonds is 0. The molecule has 8 heavy (non-hydrogen) atoms. The molecule has 0 amide bonds. The minimum absolute atomic E-state index is 0.630. The predicted molar refractivity (Wildman–Crippen MR) is 31.2 cm³/mol. The summed E-state index contributed by atoms with van der Waals surface area (Å²) in [6, 6.07) is 0.630. The maximum absolute atomic E-state index is 5.91. The Kier molecular flexibility index (Phi) is 0.418. The molecule has 3 aliphatic carbocycles. The fraction of sp³-hybridized carbons (Fsp3) is 1.00. The van der Waals surface area contributed by atoms with E-state index in [1.165, 1.54) is 12.8 Å². The van der Waals surface area contributed by atoms with Gasteiger partial charge >= 0.3 is 0 Å². The molecule has 0 saturated heterocycles. The molecule has 2 N–H and O–H groups in total. The third kappa shape index (κ3) is 0.255. The molecule has 1 heteroatoms. The molecule has 44 valence electrons. The van der Waals surface area contributed by atoms with E-state index in [-0.39, 0.29) is 0 Å². The Labute approximate surface area is 49.3 Å². The van der Waals surface area contributed by atoms with Crippen LogP contribution in [0, 0.1) is 23.7 Å². The monoisotopic (exact) mass is 109 g/mol. The number of fused-ring (bicyclic) bond motifs is 3. The average molecular weight is 109 g/mol. The van der Waals surface area contributed by atoms with E-state index in [1.807, 2.05) is 0 Å². The maximum Gasteiger partial charge on any atom is 0.0101 e. The fourth-order valence-electron chi connectivity index (χ4n) is 2.66. The zero-order valence-corrected chi connectivity index (χ0v) is 4.88. The van der Waals surface area contributed by atoms with Gasteiger partial charge in [0.2, 0.25) is 0 Å². The molecule has 3 aliphatic rings. The molecule has 0 aromatic heterocycles. The summed E-state index contributed by atoms with van der Waals surface area (Å²) in [5.41, 5.74) is 5.91. The van der Waals surface area contributed by atoms with Crippen LogP contribution >= 0.6 is 0 Å². The lowest BCUT2D eigenvalue weighted by Gasteiger charge is -2.02. The summed E-state index contributed by atoms with van der Waals surface area (Å²) in [5.74, 6) is 4.18. The van der Waals surface area contributed by atoms with Gasteiger partial charge in [0, 0.05) is 6.04 Å². The SMILES string of the molecule is NC1[C@@H]2C[C@@H]2[C@H]2C[C@@H]12. The summed E-state index contributed by atoms with van der Waals surface area (Å²) in [5, 5.41) is 0. The molecule has 0 unspecified atom stereocenters. The molecule has 0 aromatic rings. The Hall–Kier alpha value is -0.0400. The van der Waals surface area contributed by atoms with E-state index in [2.05, 4.69) is 0 Å². The molecule has 4 atom stereocenters. The third-order valence-corrected chi connectivity index (χ3v) is 3.32. The summed E-state index contributed by atoms with van der Waals surface area (Å²) in [6.07, 6.45) is 2.95. The molecule has 0 heterocycles. The topological polar surface area (TPSA) is 26.0 Å². The van der Waals surface area contributed by atoms with E-state index in [9.17, 15) is 0 Å². The predicted octanol–water partition coefficient (Wildman–Crippen LogP) is 0.599. The van der Waals surface area contributed by atoms with Gasteiger partial charge in [-0.05, 0) is 36.5 Å². The second-order valence-electron chi connectivity index (χ2n) is 3.70.